The Labute approximate surface area is 117 Å². The first kappa shape index (κ1) is 14.5. The van der Waals surface area contributed by atoms with Gasteiger partial charge in [-0.25, -0.2) is 5.84 Å². The van der Waals surface area contributed by atoms with Crippen molar-refractivity contribution in [2.75, 3.05) is 20.2 Å². The highest BCUT2D eigenvalue weighted by atomic mass is 32.1. The number of thiophene rings is 1. The quantitative estimate of drug-likeness (QED) is 0.495. The molecular formula is C13H21N3O2S. The SMILES string of the molecule is COC1CN(Cc2ccsc2C(=O)NN)CCC1C. The number of carbonyl (C=O) groups excluding carboxylic acids is 1. The maximum atomic E-state index is 11.6. The predicted molar refractivity (Wildman–Crippen MR) is 75.8 cm³/mol. The first-order chi connectivity index (χ1) is 9.15. The molecule has 1 amide bonds. The summed E-state index contributed by atoms with van der Waals surface area (Å²) in [6.45, 7) is 4.96. The molecule has 1 aliphatic rings. The zero-order chi connectivity index (χ0) is 13.8. The van der Waals surface area contributed by atoms with Gasteiger partial charge in [0.05, 0.1) is 11.0 Å². The maximum absolute atomic E-state index is 11.6. The highest BCUT2D eigenvalue weighted by Gasteiger charge is 2.26. The number of rotatable bonds is 4. The standard InChI is InChI=1S/C13H21N3O2S/c1-9-3-5-16(8-11(9)18-2)7-10-4-6-19-12(10)13(17)15-14/h4,6,9,11H,3,5,7-8,14H2,1-2H3,(H,15,17). The van der Waals surface area contributed by atoms with Gasteiger partial charge in [-0.15, -0.1) is 11.3 Å². The number of hydrazine groups is 1. The van der Waals surface area contributed by atoms with Crippen molar-refractivity contribution in [1.82, 2.24) is 10.3 Å². The van der Waals surface area contributed by atoms with Crippen LogP contribution in [-0.4, -0.2) is 37.1 Å². The molecule has 2 unspecified atom stereocenters. The minimum atomic E-state index is -0.210. The van der Waals surface area contributed by atoms with Gasteiger partial charge in [0, 0.05) is 20.2 Å². The van der Waals surface area contributed by atoms with Crippen molar-refractivity contribution in [1.29, 1.82) is 0 Å². The molecule has 1 fully saturated rings. The van der Waals surface area contributed by atoms with E-state index in [0.29, 0.717) is 10.8 Å². The molecule has 2 heterocycles. The van der Waals surface area contributed by atoms with Crippen LogP contribution in [0.1, 0.15) is 28.6 Å². The second-order valence-corrected chi connectivity index (χ2v) is 5.94. The predicted octanol–water partition coefficient (Wildman–Crippen LogP) is 1.21. The van der Waals surface area contributed by atoms with Crippen molar-refractivity contribution in [2.24, 2.45) is 11.8 Å². The molecule has 1 saturated heterocycles. The number of hydrogen-bond donors (Lipinski definition) is 2. The topological polar surface area (TPSA) is 67.6 Å². The third-order valence-electron chi connectivity index (χ3n) is 3.75. The molecule has 6 heteroatoms. The third-order valence-corrected chi connectivity index (χ3v) is 4.71. The average Bonchev–Trinajstić information content (AvgIpc) is 2.88. The van der Waals surface area contributed by atoms with Crippen LogP contribution in [0.5, 0.6) is 0 Å². The Kier molecular flexibility index (Phi) is 4.93. The second-order valence-electron chi connectivity index (χ2n) is 5.02. The van der Waals surface area contributed by atoms with Crippen LogP contribution in [0.3, 0.4) is 0 Å². The van der Waals surface area contributed by atoms with Crippen LogP contribution in [0.15, 0.2) is 11.4 Å². The summed E-state index contributed by atoms with van der Waals surface area (Å²) in [7, 11) is 1.77. The number of nitrogens with two attached hydrogens (primary N) is 1. The van der Waals surface area contributed by atoms with Crippen molar-refractivity contribution in [3.63, 3.8) is 0 Å². The van der Waals surface area contributed by atoms with E-state index in [1.165, 1.54) is 11.3 Å². The number of nitrogen functional groups attached to an aromatic ring is 1. The fourth-order valence-electron chi connectivity index (χ4n) is 2.51. The van der Waals surface area contributed by atoms with E-state index in [-0.39, 0.29) is 12.0 Å². The van der Waals surface area contributed by atoms with E-state index in [4.69, 9.17) is 10.6 Å². The van der Waals surface area contributed by atoms with Gasteiger partial charge >= 0.3 is 0 Å². The van der Waals surface area contributed by atoms with Crippen molar-refractivity contribution < 1.29 is 9.53 Å². The van der Waals surface area contributed by atoms with E-state index in [9.17, 15) is 4.79 Å². The Balaban J connectivity index is 2.02. The van der Waals surface area contributed by atoms with Crippen LogP contribution >= 0.6 is 11.3 Å². The molecular weight excluding hydrogens is 262 g/mol. The first-order valence-electron chi connectivity index (χ1n) is 6.48. The third kappa shape index (κ3) is 3.33. The van der Waals surface area contributed by atoms with E-state index in [2.05, 4.69) is 17.2 Å². The van der Waals surface area contributed by atoms with Gasteiger partial charge in [0.25, 0.3) is 5.91 Å². The minimum Gasteiger partial charge on any atom is -0.380 e. The molecule has 2 atom stereocenters. The largest absolute Gasteiger partial charge is 0.380 e. The van der Waals surface area contributed by atoms with Crippen LogP contribution in [-0.2, 0) is 11.3 Å². The van der Waals surface area contributed by atoms with Gasteiger partial charge in [0.15, 0.2) is 0 Å². The highest BCUT2D eigenvalue weighted by Crippen LogP contribution is 2.24. The molecule has 1 aliphatic heterocycles. The maximum Gasteiger partial charge on any atom is 0.275 e. The van der Waals surface area contributed by atoms with Gasteiger partial charge in [-0.3, -0.25) is 15.1 Å². The van der Waals surface area contributed by atoms with E-state index < -0.39 is 0 Å². The lowest BCUT2D eigenvalue weighted by Crippen LogP contribution is -2.43. The fourth-order valence-corrected chi connectivity index (χ4v) is 3.33. The second kappa shape index (κ2) is 6.47. The van der Waals surface area contributed by atoms with Crippen molar-refractivity contribution in [3.8, 4) is 0 Å². The van der Waals surface area contributed by atoms with Gasteiger partial charge in [0.2, 0.25) is 0 Å². The number of amides is 1. The molecule has 19 heavy (non-hydrogen) atoms. The molecule has 5 nitrogen and oxygen atoms in total. The Bertz CT molecular complexity index is 435. The number of carbonyl (C=O) groups is 1. The lowest BCUT2D eigenvalue weighted by Gasteiger charge is -2.36. The Morgan fingerprint density at radius 2 is 2.47 bits per heavy atom. The molecule has 0 bridgehead atoms. The van der Waals surface area contributed by atoms with Crippen molar-refractivity contribution >= 4 is 17.2 Å². The molecule has 0 radical (unpaired) electrons. The van der Waals surface area contributed by atoms with E-state index >= 15 is 0 Å². The number of nitrogens with zero attached hydrogens (tertiary/aromatic N) is 1. The molecule has 0 aromatic carbocycles. The van der Waals surface area contributed by atoms with E-state index in [1.54, 1.807) is 7.11 Å². The summed E-state index contributed by atoms with van der Waals surface area (Å²) in [5, 5.41) is 1.93. The monoisotopic (exact) mass is 283 g/mol. The van der Waals surface area contributed by atoms with Crippen LogP contribution in [0.25, 0.3) is 0 Å². The number of hydrogen-bond acceptors (Lipinski definition) is 5. The Hall–Kier alpha value is -0.950. The van der Waals surface area contributed by atoms with Crippen LogP contribution in [0, 0.1) is 5.92 Å². The van der Waals surface area contributed by atoms with Crippen LogP contribution < -0.4 is 11.3 Å². The fraction of sp³-hybridized carbons (Fsp3) is 0.615. The normalized spacial score (nSPS) is 24.4. The molecule has 0 aliphatic carbocycles. The molecule has 0 spiro atoms. The molecule has 106 valence electrons. The summed E-state index contributed by atoms with van der Waals surface area (Å²) in [6, 6.07) is 2.00. The van der Waals surface area contributed by atoms with Gasteiger partial charge < -0.3 is 4.74 Å². The number of nitrogens with one attached hydrogen (secondary N) is 1. The summed E-state index contributed by atoms with van der Waals surface area (Å²) in [5.41, 5.74) is 3.24. The van der Waals surface area contributed by atoms with E-state index in [0.717, 1.165) is 31.6 Å². The zero-order valence-electron chi connectivity index (χ0n) is 11.4. The number of ether oxygens (including phenoxy) is 1. The van der Waals surface area contributed by atoms with Crippen LogP contribution in [0.2, 0.25) is 0 Å². The van der Waals surface area contributed by atoms with Crippen molar-refractivity contribution in [2.45, 2.75) is 26.0 Å². The average molecular weight is 283 g/mol. The zero-order valence-corrected chi connectivity index (χ0v) is 12.2. The highest BCUT2D eigenvalue weighted by molar-refractivity contribution is 7.12. The van der Waals surface area contributed by atoms with Crippen molar-refractivity contribution in [3.05, 3.63) is 21.9 Å². The summed E-state index contributed by atoms with van der Waals surface area (Å²) < 4.78 is 5.51. The molecule has 1 aromatic rings. The van der Waals surface area contributed by atoms with E-state index in [1.807, 2.05) is 11.4 Å². The smallest absolute Gasteiger partial charge is 0.275 e. The van der Waals surface area contributed by atoms with Gasteiger partial charge in [-0.2, -0.15) is 0 Å². The summed E-state index contributed by atoms with van der Waals surface area (Å²) in [6.07, 6.45) is 1.40. The number of likely N-dealkylation sites (tertiary alicyclic amines) is 1. The van der Waals surface area contributed by atoms with Gasteiger partial charge in [-0.1, -0.05) is 6.92 Å². The lowest BCUT2D eigenvalue weighted by molar-refractivity contribution is -0.00745. The lowest BCUT2D eigenvalue weighted by atomic mass is 9.95. The first-order valence-corrected chi connectivity index (χ1v) is 7.36. The summed E-state index contributed by atoms with van der Waals surface area (Å²) in [4.78, 5) is 14.7. The molecule has 1 aromatic heterocycles. The molecule has 0 saturated carbocycles. The minimum absolute atomic E-state index is 0.210. The Morgan fingerprint density at radius 1 is 1.68 bits per heavy atom. The molecule has 2 rings (SSSR count). The van der Waals surface area contributed by atoms with Gasteiger partial charge in [-0.05, 0) is 35.9 Å². The summed E-state index contributed by atoms with van der Waals surface area (Å²) >= 11 is 1.43. The number of methoxy groups -OCH3 is 1. The summed E-state index contributed by atoms with van der Waals surface area (Å²) in [5.74, 6) is 5.58. The van der Waals surface area contributed by atoms with Crippen LogP contribution in [0.4, 0.5) is 0 Å². The van der Waals surface area contributed by atoms with Gasteiger partial charge in [0.1, 0.15) is 0 Å². The Morgan fingerprint density at radius 3 is 3.16 bits per heavy atom. The molecule has 3 N–H and O–H groups in total. The number of piperidine rings is 1.